The molecule has 0 atom stereocenters. The molecule has 20 heavy (non-hydrogen) atoms. The normalized spacial score (nSPS) is 10.2. The summed E-state index contributed by atoms with van der Waals surface area (Å²) in [7, 11) is 0. The maximum absolute atomic E-state index is 11.0. The van der Waals surface area contributed by atoms with Crippen molar-refractivity contribution in [2.45, 2.75) is 13.8 Å². The fraction of sp³-hybridized carbons (Fsp3) is 0.167. The van der Waals surface area contributed by atoms with Crippen LogP contribution in [0.3, 0.4) is 0 Å². The summed E-state index contributed by atoms with van der Waals surface area (Å²) >= 11 is 0. The van der Waals surface area contributed by atoms with E-state index < -0.39 is 4.92 Å². The zero-order chi connectivity index (χ0) is 14.7. The molecule has 0 unspecified atom stereocenters. The van der Waals surface area contributed by atoms with Crippen molar-refractivity contribution in [2.24, 2.45) is 5.84 Å². The minimum Gasteiger partial charge on any atom is -0.334 e. The van der Waals surface area contributed by atoms with Gasteiger partial charge in [0.1, 0.15) is 6.20 Å². The number of benzene rings is 1. The standard InChI is InChI=1S/C12H14N6O2/c1-7-3-4-9(5-8(7)2)15-11-10(18(19)20)6-14-12(16-11)17-13/h3-6H,13H2,1-2H3,(H2,14,15,16,17). The smallest absolute Gasteiger partial charge is 0.329 e. The minimum absolute atomic E-state index is 0.0844. The number of nitrogens with zero attached hydrogens (tertiary/aromatic N) is 3. The number of rotatable bonds is 4. The Labute approximate surface area is 115 Å². The molecule has 4 N–H and O–H groups in total. The van der Waals surface area contributed by atoms with E-state index in [4.69, 9.17) is 5.84 Å². The van der Waals surface area contributed by atoms with Gasteiger partial charge in [0.15, 0.2) is 0 Å². The van der Waals surface area contributed by atoms with Crippen LogP contribution in [0.4, 0.5) is 23.1 Å². The monoisotopic (exact) mass is 274 g/mol. The molecule has 0 fully saturated rings. The number of hydrogen-bond donors (Lipinski definition) is 3. The van der Waals surface area contributed by atoms with Gasteiger partial charge in [-0.1, -0.05) is 6.07 Å². The number of aryl methyl sites for hydroxylation is 2. The van der Waals surface area contributed by atoms with Crippen molar-refractivity contribution in [1.82, 2.24) is 9.97 Å². The van der Waals surface area contributed by atoms with Crippen LogP contribution in [0.25, 0.3) is 0 Å². The molecule has 0 aliphatic carbocycles. The van der Waals surface area contributed by atoms with Gasteiger partial charge in [0.25, 0.3) is 0 Å². The first kappa shape index (κ1) is 13.7. The van der Waals surface area contributed by atoms with E-state index in [1.807, 2.05) is 32.0 Å². The lowest BCUT2D eigenvalue weighted by Crippen LogP contribution is -2.12. The van der Waals surface area contributed by atoms with Gasteiger partial charge >= 0.3 is 5.69 Å². The summed E-state index contributed by atoms with van der Waals surface area (Å²) in [6, 6.07) is 5.63. The molecule has 0 aliphatic rings. The van der Waals surface area contributed by atoms with Gasteiger partial charge in [0.2, 0.25) is 11.8 Å². The van der Waals surface area contributed by atoms with E-state index in [0.717, 1.165) is 17.3 Å². The van der Waals surface area contributed by atoms with Crippen molar-refractivity contribution < 1.29 is 4.92 Å². The van der Waals surface area contributed by atoms with Gasteiger partial charge in [-0.25, -0.2) is 10.8 Å². The van der Waals surface area contributed by atoms with E-state index in [1.54, 1.807) is 0 Å². The second-order valence-corrected chi connectivity index (χ2v) is 4.25. The van der Waals surface area contributed by atoms with E-state index in [2.05, 4.69) is 20.7 Å². The Bertz CT molecular complexity index is 658. The van der Waals surface area contributed by atoms with Crippen molar-refractivity contribution in [1.29, 1.82) is 0 Å². The molecular weight excluding hydrogens is 260 g/mol. The Kier molecular flexibility index (Phi) is 3.76. The van der Waals surface area contributed by atoms with Crippen LogP contribution in [0, 0.1) is 24.0 Å². The van der Waals surface area contributed by atoms with Crippen molar-refractivity contribution in [3.05, 3.63) is 45.6 Å². The van der Waals surface area contributed by atoms with Crippen LogP contribution in [0.1, 0.15) is 11.1 Å². The Balaban J connectivity index is 2.40. The highest BCUT2D eigenvalue weighted by molar-refractivity contribution is 5.66. The lowest BCUT2D eigenvalue weighted by molar-refractivity contribution is -0.384. The summed E-state index contributed by atoms with van der Waals surface area (Å²) in [6.07, 6.45) is 1.10. The highest BCUT2D eigenvalue weighted by atomic mass is 16.6. The van der Waals surface area contributed by atoms with Gasteiger partial charge in [-0.3, -0.25) is 15.5 Å². The molecule has 0 aliphatic heterocycles. The predicted octanol–water partition coefficient (Wildman–Crippen LogP) is 2.03. The molecule has 8 heteroatoms. The zero-order valence-corrected chi connectivity index (χ0v) is 11.0. The first-order valence-electron chi connectivity index (χ1n) is 5.83. The summed E-state index contributed by atoms with van der Waals surface area (Å²) in [5.41, 5.74) is 4.95. The minimum atomic E-state index is -0.552. The van der Waals surface area contributed by atoms with Gasteiger partial charge in [-0.2, -0.15) is 4.98 Å². The van der Waals surface area contributed by atoms with Crippen molar-refractivity contribution in [3.63, 3.8) is 0 Å². The lowest BCUT2D eigenvalue weighted by Gasteiger charge is -2.09. The molecule has 2 aromatic rings. The van der Waals surface area contributed by atoms with Gasteiger partial charge < -0.3 is 5.32 Å². The lowest BCUT2D eigenvalue weighted by atomic mass is 10.1. The van der Waals surface area contributed by atoms with Crippen LogP contribution < -0.4 is 16.6 Å². The quantitative estimate of drug-likeness (QED) is 0.443. The number of nitrogens with two attached hydrogens (primary N) is 1. The maximum Gasteiger partial charge on any atom is 0.329 e. The van der Waals surface area contributed by atoms with Crippen LogP contribution in [0.2, 0.25) is 0 Å². The van der Waals surface area contributed by atoms with Crippen LogP contribution in [0.15, 0.2) is 24.4 Å². The molecule has 104 valence electrons. The number of aromatic nitrogens is 2. The zero-order valence-electron chi connectivity index (χ0n) is 11.0. The topological polar surface area (TPSA) is 119 Å². The summed E-state index contributed by atoms with van der Waals surface area (Å²) in [4.78, 5) is 18.1. The largest absolute Gasteiger partial charge is 0.334 e. The van der Waals surface area contributed by atoms with Gasteiger partial charge in [0.05, 0.1) is 4.92 Å². The molecule has 0 spiro atoms. The van der Waals surface area contributed by atoms with Crippen molar-refractivity contribution in [2.75, 3.05) is 10.7 Å². The van der Waals surface area contributed by atoms with Crippen molar-refractivity contribution in [3.8, 4) is 0 Å². The van der Waals surface area contributed by atoms with Gasteiger partial charge in [-0.15, -0.1) is 0 Å². The van der Waals surface area contributed by atoms with Crippen LogP contribution >= 0.6 is 0 Å². The average molecular weight is 274 g/mol. The van der Waals surface area contributed by atoms with E-state index in [1.165, 1.54) is 0 Å². The van der Waals surface area contributed by atoms with Crippen molar-refractivity contribution >= 4 is 23.1 Å². The van der Waals surface area contributed by atoms with E-state index in [0.29, 0.717) is 5.69 Å². The molecule has 1 aromatic carbocycles. The fourth-order valence-corrected chi connectivity index (χ4v) is 1.63. The number of nitrogen functional groups attached to an aromatic ring is 1. The Morgan fingerprint density at radius 1 is 1.30 bits per heavy atom. The predicted molar refractivity (Wildman–Crippen MR) is 75.7 cm³/mol. The third kappa shape index (κ3) is 2.81. The molecule has 0 saturated heterocycles. The maximum atomic E-state index is 11.0. The molecule has 2 rings (SSSR count). The average Bonchev–Trinajstić information content (AvgIpc) is 2.42. The first-order chi connectivity index (χ1) is 9.51. The second-order valence-electron chi connectivity index (χ2n) is 4.25. The Hall–Kier alpha value is -2.74. The molecule has 0 saturated carbocycles. The van der Waals surface area contributed by atoms with E-state index in [-0.39, 0.29) is 17.5 Å². The van der Waals surface area contributed by atoms with Gasteiger partial charge in [-0.05, 0) is 37.1 Å². The molecule has 0 bridgehead atoms. The molecule has 1 heterocycles. The number of nitrogens with one attached hydrogen (secondary N) is 2. The Morgan fingerprint density at radius 3 is 2.65 bits per heavy atom. The van der Waals surface area contributed by atoms with Crippen LogP contribution in [0.5, 0.6) is 0 Å². The summed E-state index contributed by atoms with van der Waals surface area (Å²) < 4.78 is 0. The molecular formula is C12H14N6O2. The second kappa shape index (κ2) is 5.49. The van der Waals surface area contributed by atoms with E-state index >= 15 is 0 Å². The van der Waals surface area contributed by atoms with Crippen LogP contribution in [-0.4, -0.2) is 14.9 Å². The highest BCUT2D eigenvalue weighted by Gasteiger charge is 2.17. The third-order valence-corrected chi connectivity index (χ3v) is 2.86. The van der Waals surface area contributed by atoms with Crippen LogP contribution in [-0.2, 0) is 0 Å². The molecule has 1 aromatic heterocycles. The highest BCUT2D eigenvalue weighted by Crippen LogP contribution is 2.26. The fourth-order valence-electron chi connectivity index (χ4n) is 1.63. The van der Waals surface area contributed by atoms with Gasteiger partial charge in [0, 0.05) is 5.69 Å². The summed E-state index contributed by atoms with van der Waals surface area (Å²) in [5, 5.41) is 13.9. The number of hydrazine groups is 1. The SMILES string of the molecule is Cc1ccc(Nc2nc(NN)ncc2[N+](=O)[O-])cc1C. The summed E-state index contributed by atoms with van der Waals surface area (Å²) in [5.74, 6) is 5.39. The molecule has 0 amide bonds. The summed E-state index contributed by atoms with van der Waals surface area (Å²) in [6.45, 7) is 3.95. The number of hydrogen-bond acceptors (Lipinski definition) is 7. The number of nitro groups is 1. The van der Waals surface area contributed by atoms with E-state index in [9.17, 15) is 10.1 Å². The Morgan fingerprint density at radius 2 is 2.05 bits per heavy atom. The molecule has 0 radical (unpaired) electrons. The first-order valence-corrected chi connectivity index (χ1v) is 5.83. The number of anilines is 3. The molecule has 8 nitrogen and oxygen atoms in total. The third-order valence-electron chi connectivity index (χ3n) is 2.86.